The summed E-state index contributed by atoms with van der Waals surface area (Å²) in [5, 5.41) is 19.4. The van der Waals surface area contributed by atoms with Crippen LogP contribution in [0, 0.1) is 11.2 Å². The average molecular weight is 693 g/mol. The number of urea groups is 1. The van der Waals surface area contributed by atoms with Crippen LogP contribution in [0.3, 0.4) is 0 Å². The number of rotatable bonds is 9. The quantitative estimate of drug-likeness (QED) is 0.282. The Labute approximate surface area is 270 Å². The zero-order valence-electron chi connectivity index (χ0n) is 25.6. The second-order valence-electron chi connectivity index (χ2n) is 12.8. The maximum Gasteiger partial charge on any atom is 0.496 e. The molecule has 0 bridgehead atoms. The van der Waals surface area contributed by atoms with Crippen LogP contribution in [0.5, 0.6) is 0 Å². The molecule has 1 fully saturated rings. The third-order valence-corrected chi connectivity index (χ3v) is 9.55. The molecule has 0 aliphatic carbocycles. The van der Waals surface area contributed by atoms with Crippen molar-refractivity contribution in [2.45, 2.75) is 65.3 Å². The number of hydrogen-bond acceptors (Lipinski definition) is 9. The topological polar surface area (TPSA) is 133 Å². The summed E-state index contributed by atoms with van der Waals surface area (Å²) in [5.74, 6) is 1.44. The second-order valence-corrected chi connectivity index (χ2v) is 14.0. The largest absolute Gasteiger partial charge is 0.496 e. The molecule has 44 heavy (non-hydrogen) atoms. The van der Waals surface area contributed by atoms with E-state index in [1.165, 1.54) is 6.07 Å². The van der Waals surface area contributed by atoms with Crippen molar-refractivity contribution in [3.05, 3.63) is 39.2 Å². The molecule has 1 aromatic heterocycles. The normalized spacial score (nSPS) is 19.1. The standard InChI is InChI=1S/C29H37BBrClFN7O4/c1-27(2,7-8-35-25-36-14-16-11-18(31)24-34-9-10-40(24)23(16)39-25)22(41)15-37-26(42)38-21-12-17(19(32)13-20(21)33)30-43-28(3,4)29(5,6)44-30/h11-14,22,41H,7-10,15H2,1-6H3,(H,35,36,39)(H2,37,38,42). The number of aliphatic imine (C=N–C) groups is 1. The third-order valence-electron chi connectivity index (χ3n) is 8.64. The Balaban J connectivity index is 1.13. The van der Waals surface area contributed by atoms with E-state index in [0.717, 1.165) is 34.3 Å². The Hall–Kier alpha value is -2.78. The van der Waals surface area contributed by atoms with Gasteiger partial charge in [0.1, 0.15) is 17.5 Å². The van der Waals surface area contributed by atoms with E-state index in [4.69, 9.17) is 20.9 Å². The highest BCUT2D eigenvalue weighted by molar-refractivity contribution is 9.12. The van der Waals surface area contributed by atoms with Crippen molar-refractivity contribution in [3.63, 3.8) is 0 Å². The number of hydrogen-bond donors (Lipinski definition) is 4. The van der Waals surface area contributed by atoms with Crippen molar-refractivity contribution < 1.29 is 23.6 Å². The van der Waals surface area contributed by atoms with Gasteiger partial charge in [0.25, 0.3) is 0 Å². The van der Waals surface area contributed by atoms with Gasteiger partial charge >= 0.3 is 13.1 Å². The summed E-state index contributed by atoms with van der Waals surface area (Å²) in [4.78, 5) is 28.4. The lowest BCUT2D eigenvalue weighted by molar-refractivity contribution is 0.00578. The van der Waals surface area contributed by atoms with Gasteiger partial charge in [0.15, 0.2) is 0 Å². The number of carbonyl (C=O) groups is 1. The number of carbonyl (C=O) groups excluding carboxylic acids is 1. The lowest BCUT2D eigenvalue weighted by Crippen LogP contribution is -2.43. The van der Waals surface area contributed by atoms with Crippen molar-refractivity contribution in [1.29, 1.82) is 0 Å². The summed E-state index contributed by atoms with van der Waals surface area (Å²) in [6.07, 6.45) is 3.40. The predicted molar refractivity (Wildman–Crippen MR) is 176 cm³/mol. The molecule has 236 valence electrons. The van der Waals surface area contributed by atoms with Crippen molar-refractivity contribution >= 4 is 75.5 Å². The van der Waals surface area contributed by atoms with Crippen LogP contribution in [0.15, 0.2) is 27.8 Å². The zero-order valence-corrected chi connectivity index (χ0v) is 27.9. The Morgan fingerprint density at radius 3 is 2.68 bits per heavy atom. The first-order chi connectivity index (χ1) is 20.6. The SMILES string of the molecule is CC(C)(CCNc1ncc2c(n1)N1CCN=C1C(Br)=C2)C(O)CNC(=O)Nc1cc(B2OC(C)(C)C(C)(C)O2)c(Cl)cc1F. The van der Waals surface area contributed by atoms with Gasteiger partial charge in [0.2, 0.25) is 5.95 Å². The molecule has 0 radical (unpaired) electrons. The van der Waals surface area contributed by atoms with Crippen LogP contribution in [0.2, 0.25) is 5.02 Å². The fourth-order valence-electron chi connectivity index (χ4n) is 4.95. The van der Waals surface area contributed by atoms with Gasteiger partial charge in [-0.15, -0.1) is 0 Å². The van der Waals surface area contributed by atoms with Crippen LogP contribution >= 0.6 is 27.5 Å². The molecule has 3 aliphatic heterocycles. The molecule has 1 atom stereocenters. The minimum Gasteiger partial charge on any atom is -0.399 e. The van der Waals surface area contributed by atoms with Crippen LogP contribution in [-0.2, 0) is 9.31 Å². The van der Waals surface area contributed by atoms with E-state index in [-0.39, 0.29) is 17.3 Å². The highest BCUT2D eigenvalue weighted by Gasteiger charge is 2.52. The predicted octanol–water partition coefficient (Wildman–Crippen LogP) is 4.55. The number of amides is 2. The maximum atomic E-state index is 14.7. The summed E-state index contributed by atoms with van der Waals surface area (Å²) >= 11 is 9.87. The van der Waals surface area contributed by atoms with E-state index in [0.29, 0.717) is 30.9 Å². The first-order valence-electron chi connectivity index (χ1n) is 14.5. The molecule has 2 amide bonds. The lowest BCUT2D eigenvalue weighted by Gasteiger charge is -2.32. The van der Waals surface area contributed by atoms with Gasteiger partial charge in [-0.3, -0.25) is 4.99 Å². The summed E-state index contributed by atoms with van der Waals surface area (Å²) in [6, 6.07) is 1.84. The van der Waals surface area contributed by atoms with Gasteiger partial charge in [-0.05, 0) is 73.7 Å². The summed E-state index contributed by atoms with van der Waals surface area (Å²) in [6.45, 7) is 13.3. The first-order valence-corrected chi connectivity index (χ1v) is 15.6. The number of nitrogens with zero attached hydrogens (tertiary/aromatic N) is 4. The van der Waals surface area contributed by atoms with E-state index < -0.39 is 41.7 Å². The molecular formula is C29H37BBrClFN7O4. The molecule has 2 aromatic rings. The molecule has 4 heterocycles. The molecule has 5 rings (SSSR count). The minimum absolute atomic E-state index is 0.0498. The van der Waals surface area contributed by atoms with Crippen LogP contribution < -0.4 is 26.3 Å². The van der Waals surface area contributed by atoms with Gasteiger partial charge in [0, 0.05) is 41.9 Å². The van der Waals surface area contributed by atoms with Crippen molar-refractivity contribution in [1.82, 2.24) is 15.3 Å². The van der Waals surface area contributed by atoms with Crippen LogP contribution in [0.1, 0.15) is 53.5 Å². The minimum atomic E-state index is -0.888. The molecular weight excluding hydrogens is 656 g/mol. The van der Waals surface area contributed by atoms with Crippen LogP contribution in [-0.4, -0.2) is 77.5 Å². The number of halogens is 3. The number of benzene rings is 1. The Kier molecular flexibility index (Phi) is 9.04. The van der Waals surface area contributed by atoms with E-state index >= 15 is 0 Å². The van der Waals surface area contributed by atoms with Gasteiger partial charge in [-0.25, -0.2) is 14.2 Å². The molecule has 1 aromatic carbocycles. The van der Waals surface area contributed by atoms with Gasteiger partial charge < -0.3 is 35.3 Å². The van der Waals surface area contributed by atoms with Gasteiger partial charge in [-0.1, -0.05) is 25.4 Å². The third kappa shape index (κ3) is 6.59. The van der Waals surface area contributed by atoms with E-state index in [2.05, 4.69) is 51.7 Å². The summed E-state index contributed by atoms with van der Waals surface area (Å²) in [7, 11) is -0.829. The Morgan fingerprint density at radius 2 is 1.98 bits per heavy atom. The number of aliphatic hydroxyl groups is 1. The Morgan fingerprint density at radius 1 is 1.27 bits per heavy atom. The number of aromatic nitrogens is 2. The number of nitrogens with one attached hydrogen (secondary N) is 3. The van der Waals surface area contributed by atoms with Crippen LogP contribution in [0.25, 0.3) is 6.08 Å². The molecule has 4 N–H and O–H groups in total. The average Bonchev–Trinajstić information content (AvgIpc) is 3.51. The number of amidine groups is 1. The smallest absolute Gasteiger partial charge is 0.399 e. The van der Waals surface area contributed by atoms with Crippen molar-refractivity contribution in [2.24, 2.45) is 10.4 Å². The highest BCUT2D eigenvalue weighted by atomic mass is 79.9. The molecule has 3 aliphatic rings. The molecule has 1 saturated heterocycles. The second kappa shape index (κ2) is 12.2. The molecule has 0 spiro atoms. The Bertz CT molecular complexity index is 1510. The van der Waals surface area contributed by atoms with E-state index in [1.54, 1.807) is 6.20 Å². The monoisotopic (exact) mass is 691 g/mol. The summed E-state index contributed by atoms with van der Waals surface area (Å²) < 4.78 is 27.7. The maximum absolute atomic E-state index is 14.7. The number of aliphatic hydroxyl groups excluding tert-OH is 1. The van der Waals surface area contributed by atoms with Crippen molar-refractivity contribution in [2.75, 3.05) is 41.7 Å². The van der Waals surface area contributed by atoms with Gasteiger partial charge in [0.05, 0.1) is 34.0 Å². The van der Waals surface area contributed by atoms with E-state index in [9.17, 15) is 14.3 Å². The van der Waals surface area contributed by atoms with Crippen LogP contribution in [0.4, 0.5) is 26.6 Å². The number of anilines is 3. The zero-order chi connectivity index (χ0) is 32.0. The summed E-state index contributed by atoms with van der Waals surface area (Å²) in [5.41, 5.74) is -0.590. The van der Waals surface area contributed by atoms with E-state index in [1.807, 2.05) is 47.6 Å². The van der Waals surface area contributed by atoms with Gasteiger partial charge in [-0.2, -0.15) is 4.98 Å². The lowest BCUT2D eigenvalue weighted by atomic mass is 9.78. The first kappa shape index (κ1) is 32.6. The number of fused-ring (bicyclic) bond motifs is 3. The fraction of sp³-hybridized carbons (Fsp3) is 0.517. The van der Waals surface area contributed by atoms with Crippen molar-refractivity contribution in [3.8, 4) is 0 Å². The molecule has 11 nitrogen and oxygen atoms in total. The molecule has 15 heteroatoms. The molecule has 1 unspecified atom stereocenters. The highest BCUT2D eigenvalue weighted by Crippen LogP contribution is 2.37. The molecule has 0 saturated carbocycles. The fourth-order valence-corrected chi connectivity index (χ4v) is 5.78.